The number of piperazine rings is 1. The lowest BCUT2D eigenvalue weighted by Gasteiger charge is -2.39. The van der Waals surface area contributed by atoms with E-state index in [1.54, 1.807) is 18.3 Å². The molecule has 0 aliphatic carbocycles. The number of hydrogen-bond donors (Lipinski definition) is 2. The van der Waals surface area contributed by atoms with Crippen LogP contribution in [-0.2, 0) is 0 Å². The third-order valence-electron chi connectivity index (χ3n) is 3.82. The van der Waals surface area contributed by atoms with E-state index in [0.717, 1.165) is 32.6 Å². The molecule has 7 heteroatoms. The number of thiocarbonyl (C=S) groups is 1. The Morgan fingerprint density at radius 1 is 1.38 bits per heavy atom. The van der Waals surface area contributed by atoms with E-state index in [1.165, 1.54) is 0 Å². The predicted octanol–water partition coefficient (Wildman–Crippen LogP) is 0.367. The van der Waals surface area contributed by atoms with Crippen LogP contribution in [0.3, 0.4) is 0 Å². The van der Waals surface area contributed by atoms with E-state index in [4.69, 9.17) is 23.7 Å². The summed E-state index contributed by atoms with van der Waals surface area (Å²) in [5, 5.41) is 0. The fourth-order valence-corrected chi connectivity index (χ4v) is 3.04. The Labute approximate surface area is 130 Å². The number of rotatable bonds is 5. The Morgan fingerprint density at radius 3 is 2.57 bits per heavy atom. The van der Waals surface area contributed by atoms with Crippen molar-refractivity contribution in [3.63, 3.8) is 0 Å². The Hall–Kier alpha value is -1.73. The molecule has 0 aromatic carbocycles. The number of nitrogens with zero attached hydrogens (tertiary/aromatic N) is 3. The number of primary amides is 1. The first-order valence-electron chi connectivity index (χ1n) is 7.07. The van der Waals surface area contributed by atoms with Gasteiger partial charge in [-0.15, -0.1) is 0 Å². The summed E-state index contributed by atoms with van der Waals surface area (Å²) in [6.07, 6.45) is 2.59. The molecule has 1 aromatic heterocycles. The van der Waals surface area contributed by atoms with Crippen LogP contribution in [0.4, 0.5) is 5.82 Å². The Balaban J connectivity index is 2.08. The zero-order valence-electron chi connectivity index (χ0n) is 12.2. The van der Waals surface area contributed by atoms with E-state index in [2.05, 4.69) is 21.7 Å². The summed E-state index contributed by atoms with van der Waals surface area (Å²) in [5.74, 6) is 0.211. The summed E-state index contributed by atoms with van der Waals surface area (Å²) < 4.78 is 0. The quantitative estimate of drug-likeness (QED) is 0.764. The van der Waals surface area contributed by atoms with Gasteiger partial charge < -0.3 is 16.4 Å². The van der Waals surface area contributed by atoms with Crippen LogP contribution in [0.5, 0.6) is 0 Å². The summed E-state index contributed by atoms with van der Waals surface area (Å²) in [7, 11) is 0. The summed E-state index contributed by atoms with van der Waals surface area (Å²) in [6, 6.07) is 3.57. The molecule has 1 unspecified atom stereocenters. The van der Waals surface area contributed by atoms with Crippen LogP contribution in [0, 0.1) is 0 Å². The van der Waals surface area contributed by atoms with Gasteiger partial charge in [0.1, 0.15) is 5.82 Å². The Kier molecular flexibility index (Phi) is 5.08. The minimum Gasteiger partial charge on any atom is -0.392 e. The lowest BCUT2D eigenvalue weighted by molar-refractivity contribution is 0.1000. The predicted molar refractivity (Wildman–Crippen MR) is 87.4 cm³/mol. The highest BCUT2D eigenvalue weighted by molar-refractivity contribution is 7.80. The second-order valence-electron chi connectivity index (χ2n) is 5.09. The molecule has 0 bridgehead atoms. The van der Waals surface area contributed by atoms with E-state index in [1.807, 2.05) is 0 Å². The molecule has 4 N–H and O–H groups in total. The summed E-state index contributed by atoms with van der Waals surface area (Å²) >= 11 is 5.12. The van der Waals surface area contributed by atoms with Gasteiger partial charge in [0.25, 0.3) is 5.91 Å². The van der Waals surface area contributed by atoms with Gasteiger partial charge in [0.2, 0.25) is 0 Å². The van der Waals surface area contributed by atoms with E-state index < -0.39 is 5.91 Å². The molecule has 1 aromatic rings. The molecule has 114 valence electrons. The zero-order valence-corrected chi connectivity index (χ0v) is 13.0. The molecule has 1 saturated heterocycles. The first-order valence-corrected chi connectivity index (χ1v) is 7.48. The maximum Gasteiger partial charge on any atom is 0.252 e. The SMILES string of the molecule is CCC(C(N)=S)N1CCN(c2ncccc2C(N)=O)CC1. The van der Waals surface area contributed by atoms with Gasteiger partial charge in [0.05, 0.1) is 16.6 Å². The van der Waals surface area contributed by atoms with Crippen LogP contribution in [0.1, 0.15) is 23.7 Å². The van der Waals surface area contributed by atoms with Gasteiger partial charge in [0.15, 0.2) is 0 Å². The van der Waals surface area contributed by atoms with Gasteiger partial charge in [-0.3, -0.25) is 9.69 Å². The molecule has 1 atom stereocenters. The highest BCUT2D eigenvalue weighted by Crippen LogP contribution is 2.19. The van der Waals surface area contributed by atoms with Crippen LogP contribution < -0.4 is 16.4 Å². The van der Waals surface area contributed by atoms with Crippen molar-refractivity contribution in [1.82, 2.24) is 9.88 Å². The van der Waals surface area contributed by atoms with Crippen LogP contribution >= 0.6 is 12.2 Å². The van der Waals surface area contributed by atoms with Crippen LogP contribution in [0.2, 0.25) is 0 Å². The number of pyridine rings is 1. The third-order valence-corrected chi connectivity index (χ3v) is 4.09. The minimum absolute atomic E-state index is 0.140. The van der Waals surface area contributed by atoms with Gasteiger partial charge in [-0.25, -0.2) is 4.98 Å². The van der Waals surface area contributed by atoms with Crippen molar-refractivity contribution in [3.05, 3.63) is 23.9 Å². The number of hydrogen-bond acceptors (Lipinski definition) is 5. The molecule has 0 saturated carbocycles. The average molecular weight is 307 g/mol. The molecule has 1 amide bonds. The van der Waals surface area contributed by atoms with E-state index in [-0.39, 0.29) is 6.04 Å². The summed E-state index contributed by atoms with van der Waals surface area (Å²) in [5.41, 5.74) is 11.7. The minimum atomic E-state index is -0.449. The van der Waals surface area contributed by atoms with E-state index in [0.29, 0.717) is 16.4 Å². The first kappa shape index (κ1) is 15.7. The zero-order chi connectivity index (χ0) is 15.4. The van der Waals surface area contributed by atoms with Crippen LogP contribution in [0.25, 0.3) is 0 Å². The number of anilines is 1. The van der Waals surface area contributed by atoms with Crippen molar-refractivity contribution in [1.29, 1.82) is 0 Å². The Morgan fingerprint density at radius 2 is 2.05 bits per heavy atom. The van der Waals surface area contributed by atoms with Crippen molar-refractivity contribution in [2.24, 2.45) is 11.5 Å². The van der Waals surface area contributed by atoms with Gasteiger partial charge in [-0.2, -0.15) is 0 Å². The molecule has 1 fully saturated rings. The van der Waals surface area contributed by atoms with Crippen LogP contribution in [-0.4, -0.2) is 53.0 Å². The topological polar surface area (TPSA) is 88.5 Å². The molecular formula is C14H21N5OS. The van der Waals surface area contributed by atoms with Crippen molar-refractivity contribution in [2.75, 3.05) is 31.1 Å². The molecular weight excluding hydrogens is 286 g/mol. The average Bonchev–Trinajstić information content (AvgIpc) is 2.48. The molecule has 0 spiro atoms. The van der Waals surface area contributed by atoms with Crippen molar-refractivity contribution in [3.8, 4) is 0 Å². The van der Waals surface area contributed by atoms with Crippen molar-refractivity contribution in [2.45, 2.75) is 19.4 Å². The molecule has 6 nitrogen and oxygen atoms in total. The van der Waals surface area contributed by atoms with Crippen molar-refractivity contribution >= 4 is 28.9 Å². The van der Waals surface area contributed by atoms with Gasteiger partial charge in [0, 0.05) is 32.4 Å². The largest absolute Gasteiger partial charge is 0.392 e. The maximum absolute atomic E-state index is 11.5. The fourth-order valence-electron chi connectivity index (χ4n) is 2.73. The number of carbonyl (C=O) groups is 1. The normalized spacial score (nSPS) is 17.5. The number of aromatic nitrogens is 1. The fraction of sp³-hybridized carbons (Fsp3) is 0.500. The van der Waals surface area contributed by atoms with E-state index >= 15 is 0 Å². The monoisotopic (exact) mass is 307 g/mol. The van der Waals surface area contributed by atoms with E-state index in [9.17, 15) is 4.79 Å². The second-order valence-corrected chi connectivity index (χ2v) is 5.56. The summed E-state index contributed by atoms with van der Waals surface area (Å²) in [4.78, 5) is 20.7. The molecule has 1 aliphatic rings. The lowest BCUT2D eigenvalue weighted by atomic mass is 10.1. The highest BCUT2D eigenvalue weighted by Gasteiger charge is 2.26. The van der Waals surface area contributed by atoms with Crippen molar-refractivity contribution < 1.29 is 4.79 Å². The third kappa shape index (κ3) is 3.48. The maximum atomic E-state index is 11.5. The Bertz CT molecular complexity index is 528. The summed E-state index contributed by atoms with van der Waals surface area (Å²) in [6.45, 7) is 5.31. The number of nitrogens with two attached hydrogens (primary N) is 2. The molecule has 0 radical (unpaired) electrons. The number of amides is 1. The van der Waals surface area contributed by atoms with Gasteiger partial charge in [-0.1, -0.05) is 19.1 Å². The first-order chi connectivity index (χ1) is 10.0. The standard InChI is InChI=1S/C14H21N5OS/c1-2-11(13(16)21)18-6-8-19(9-7-18)14-10(12(15)20)4-3-5-17-14/h3-5,11H,2,6-9H2,1H3,(H2,15,20)(H2,16,21). The molecule has 21 heavy (non-hydrogen) atoms. The lowest BCUT2D eigenvalue weighted by Crippen LogP contribution is -2.54. The smallest absolute Gasteiger partial charge is 0.252 e. The van der Waals surface area contributed by atoms with Crippen LogP contribution in [0.15, 0.2) is 18.3 Å². The van der Waals surface area contributed by atoms with Gasteiger partial charge in [-0.05, 0) is 18.6 Å². The highest BCUT2D eigenvalue weighted by atomic mass is 32.1. The number of carbonyl (C=O) groups excluding carboxylic acids is 1. The van der Waals surface area contributed by atoms with Gasteiger partial charge >= 0.3 is 0 Å². The molecule has 1 aliphatic heterocycles. The second kappa shape index (κ2) is 6.82. The molecule has 2 heterocycles. The molecule has 2 rings (SSSR count).